The number of hydrogen-bond donors (Lipinski definition) is 0. The molecular weight excluding hydrogens is 166 g/mol. The molecule has 2 aliphatic rings. The molecule has 0 spiro atoms. The first-order chi connectivity index (χ1) is 5.97. The molecule has 0 aromatic heterocycles. The molecule has 0 amide bonds. The van der Waals surface area contributed by atoms with Crippen molar-refractivity contribution in [2.75, 3.05) is 0 Å². The smallest absolute Gasteiger partial charge is 0.0515 e. The van der Waals surface area contributed by atoms with Crippen molar-refractivity contribution in [1.82, 2.24) is 4.90 Å². The lowest BCUT2D eigenvalue weighted by molar-refractivity contribution is 0.647. The van der Waals surface area contributed by atoms with Crippen molar-refractivity contribution in [2.45, 2.75) is 13.8 Å². The van der Waals surface area contributed by atoms with E-state index in [1.807, 2.05) is 32.2 Å². The lowest BCUT2D eigenvalue weighted by Crippen LogP contribution is -2.10. The molecule has 0 aromatic carbocycles. The van der Waals surface area contributed by atoms with Gasteiger partial charge in [-0.15, -0.1) is 11.8 Å². The maximum atomic E-state index is 2.12. The molecule has 2 rings (SSSR count). The van der Waals surface area contributed by atoms with Crippen LogP contribution in [0.3, 0.4) is 0 Å². The average Bonchev–Trinajstić information content (AvgIpc) is 2.21. The minimum absolute atomic E-state index is 1.25. The molecule has 0 unspecified atom stereocenters. The van der Waals surface area contributed by atoms with Gasteiger partial charge in [-0.05, 0) is 23.0 Å². The maximum absolute atomic E-state index is 2.12. The van der Waals surface area contributed by atoms with E-state index in [-0.39, 0.29) is 0 Å². The van der Waals surface area contributed by atoms with Crippen LogP contribution in [0.2, 0.25) is 0 Å². The molecule has 0 fully saturated rings. The molecular formula is C10H13NS. The van der Waals surface area contributed by atoms with Crippen molar-refractivity contribution in [3.05, 3.63) is 47.1 Å². The number of thioether (sulfide) groups is 1. The topological polar surface area (TPSA) is 3.24 Å². The first-order valence-corrected chi connectivity index (χ1v) is 5.06. The Morgan fingerprint density at radius 1 is 1.17 bits per heavy atom. The summed E-state index contributed by atoms with van der Waals surface area (Å²) in [6.45, 7) is 4.00. The Hall–Kier alpha value is -0.890. The molecule has 0 aromatic rings. The first kappa shape index (κ1) is 9.20. The van der Waals surface area contributed by atoms with Crippen molar-refractivity contribution in [3.8, 4) is 0 Å². The molecule has 2 heterocycles. The van der Waals surface area contributed by atoms with Crippen molar-refractivity contribution in [2.24, 2.45) is 0 Å². The number of allylic oxidation sites excluding steroid dienone is 3. The summed E-state index contributed by atoms with van der Waals surface area (Å²) in [5.74, 6) is 0. The van der Waals surface area contributed by atoms with E-state index in [0.717, 1.165) is 0 Å². The van der Waals surface area contributed by atoms with Gasteiger partial charge in [-0.1, -0.05) is 19.9 Å². The number of rotatable bonds is 0. The van der Waals surface area contributed by atoms with Gasteiger partial charge in [0.1, 0.15) is 0 Å². The van der Waals surface area contributed by atoms with Gasteiger partial charge >= 0.3 is 0 Å². The van der Waals surface area contributed by atoms with Crippen LogP contribution in [0.5, 0.6) is 0 Å². The van der Waals surface area contributed by atoms with E-state index in [0.29, 0.717) is 0 Å². The predicted molar refractivity (Wildman–Crippen MR) is 56.3 cm³/mol. The summed E-state index contributed by atoms with van der Waals surface area (Å²) in [7, 11) is 0. The first-order valence-electron chi connectivity index (χ1n) is 4.12. The van der Waals surface area contributed by atoms with Gasteiger partial charge in [0.15, 0.2) is 0 Å². The third kappa shape index (κ3) is 2.05. The van der Waals surface area contributed by atoms with Crippen molar-refractivity contribution >= 4 is 11.8 Å². The predicted octanol–water partition coefficient (Wildman–Crippen LogP) is 3.46. The van der Waals surface area contributed by atoms with E-state index in [2.05, 4.69) is 28.0 Å². The Labute approximate surface area is 78.1 Å². The molecule has 0 aliphatic carbocycles. The maximum Gasteiger partial charge on any atom is 0.0515 e. The third-order valence-corrected chi connectivity index (χ3v) is 2.07. The van der Waals surface area contributed by atoms with Crippen LogP contribution in [-0.2, 0) is 0 Å². The molecule has 1 nitrogen and oxygen atoms in total. The molecule has 0 bridgehead atoms. The van der Waals surface area contributed by atoms with Crippen molar-refractivity contribution in [3.63, 3.8) is 0 Å². The quantitative estimate of drug-likeness (QED) is 0.560. The fourth-order valence-corrected chi connectivity index (χ4v) is 1.53. The second-order valence-electron chi connectivity index (χ2n) is 2.07. The number of nitrogens with zero attached hydrogens (tertiary/aromatic N) is 1. The normalized spacial score (nSPS) is 17.8. The lowest BCUT2D eigenvalue weighted by atomic mass is 10.3. The van der Waals surface area contributed by atoms with Crippen LogP contribution in [0.4, 0.5) is 0 Å². The van der Waals surface area contributed by atoms with E-state index in [4.69, 9.17) is 0 Å². The lowest BCUT2D eigenvalue weighted by Gasteiger charge is -2.21. The summed E-state index contributed by atoms with van der Waals surface area (Å²) < 4.78 is 0. The van der Waals surface area contributed by atoms with Gasteiger partial charge in [-0.25, -0.2) is 0 Å². The molecule has 64 valence electrons. The fourth-order valence-electron chi connectivity index (χ4n) is 0.914. The highest BCUT2D eigenvalue weighted by Gasteiger charge is 2.04. The number of hydrogen-bond acceptors (Lipinski definition) is 2. The Balaban J connectivity index is 0.000000336. The standard InChI is InChI=1S/C8H7NS.C2H6/c1-2-4-9-5-6-10-7-8(9)3-1;1-2/h1-7H;1-2H3. The molecule has 0 radical (unpaired) electrons. The summed E-state index contributed by atoms with van der Waals surface area (Å²) in [5.41, 5.74) is 1.25. The highest BCUT2D eigenvalue weighted by Crippen LogP contribution is 2.22. The van der Waals surface area contributed by atoms with Crippen LogP contribution >= 0.6 is 11.8 Å². The third-order valence-electron chi connectivity index (χ3n) is 1.41. The van der Waals surface area contributed by atoms with Gasteiger partial charge < -0.3 is 4.90 Å². The fraction of sp³-hybridized carbons (Fsp3) is 0.200. The molecule has 0 saturated heterocycles. The zero-order valence-electron chi connectivity index (χ0n) is 7.40. The second-order valence-corrected chi connectivity index (χ2v) is 2.85. The van der Waals surface area contributed by atoms with Crippen LogP contribution < -0.4 is 0 Å². The Morgan fingerprint density at radius 2 is 2.00 bits per heavy atom. The van der Waals surface area contributed by atoms with Gasteiger partial charge in [-0.3, -0.25) is 0 Å². The van der Waals surface area contributed by atoms with Crippen molar-refractivity contribution < 1.29 is 0 Å². The van der Waals surface area contributed by atoms with E-state index in [9.17, 15) is 0 Å². The Kier molecular flexibility index (Phi) is 3.74. The Morgan fingerprint density at radius 3 is 2.75 bits per heavy atom. The van der Waals surface area contributed by atoms with Crippen LogP contribution in [0.15, 0.2) is 47.1 Å². The second kappa shape index (κ2) is 4.88. The molecule has 2 aliphatic heterocycles. The van der Waals surface area contributed by atoms with Crippen LogP contribution in [0.1, 0.15) is 13.8 Å². The summed E-state index contributed by atoms with van der Waals surface area (Å²) in [4.78, 5) is 2.09. The van der Waals surface area contributed by atoms with E-state index >= 15 is 0 Å². The van der Waals surface area contributed by atoms with E-state index < -0.39 is 0 Å². The highest BCUT2D eigenvalue weighted by atomic mass is 32.2. The van der Waals surface area contributed by atoms with E-state index in [1.165, 1.54) is 5.70 Å². The summed E-state index contributed by atoms with van der Waals surface area (Å²) in [5, 5.41) is 4.19. The highest BCUT2D eigenvalue weighted by molar-refractivity contribution is 8.04. The van der Waals surface area contributed by atoms with Gasteiger partial charge in [0, 0.05) is 12.4 Å². The molecule has 0 saturated carbocycles. The molecule has 0 N–H and O–H groups in total. The van der Waals surface area contributed by atoms with Crippen LogP contribution in [-0.4, -0.2) is 4.90 Å². The largest absolute Gasteiger partial charge is 0.323 e. The summed E-state index contributed by atoms with van der Waals surface area (Å²) >= 11 is 1.71. The number of fused-ring (bicyclic) bond motifs is 1. The molecule has 0 atom stereocenters. The van der Waals surface area contributed by atoms with E-state index in [1.54, 1.807) is 11.8 Å². The Bertz CT molecular complexity index is 249. The van der Waals surface area contributed by atoms with Crippen LogP contribution in [0.25, 0.3) is 0 Å². The zero-order valence-corrected chi connectivity index (χ0v) is 8.21. The molecule has 2 heteroatoms. The van der Waals surface area contributed by atoms with Crippen molar-refractivity contribution in [1.29, 1.82) is 0 Å². The minimum atomic E-state index is 1.25. The average molecular weight is 179 g/mol. The van der Waals surface area contributed by atoms with Gasteiger partial charge in [-0.2, -0.15) is 0 Å². The van der Waals surface area contributed by atoms with Gasteiger partial charge in [0.05, 0.1) is 5.70 Å². The SMILES string of the molecule is C1=CC2=CSC=CN2C=C1.CC. The zero-order chi connectivity index (χ0) is 8.81. The minimum Gasteiger partial charge on any atom is -0.323 e. The molecule has 12 heavy (non-hydrogen) atoms. The summed E-state index contributed by atoms with van der Waals surface area (Å²) in [6.07, 6.45) is 10.3. The van der Waals surface area contributed by atoms with Gasteiger partial charge in [0.25, 0.3) is 0 Å². The monoisotopic (exact) mass is 179 g/mol. The summed E-state index contributed by atoms with van der Waals surface area (Å²) in [6, 6.07) is 0. The van der Waals surface area contributed by atoms with Crippen LogP contribution in [0, 0.1) is 0 Å². The van der Waals surface area contributed by atoms with Gasteiger partial charge in [0.2, 0.25) is 0 Å².